The number of aromatic nitrogens is 1. The van der Waals surface area contributed by atoms with Crippen LogP contribution in [0.2, 0.25) is 0 Å². The molecule has 2 aromatic carbocycles. The Labute approximate surface area is 206 Å². The zero-order valence-corrected chi connectivity index (χ0v) is 19.8. The summed E-state index contributed by atoms with van der Waals surface area (Å²) in [5.41, 5.74) is 2.59. The Morgan fingerprint density at radius 2 is 1.86 bits per heavy atom. The van der Waals surface area contributed by atoms with Crippen molar-refractivity contribution in [1.29, 1.82) is 0 Å². The average Bonchev–Trinajstić information content (AvgIpc) is 3.59. The van der Waals surface area contributed by atoms with Gasteiger partial charge in [-0.15, -0.1) is 11.3 Å². The number of furan rings is 1. The smallest absolute Gasteiger partial charge is 0.248 e. The number of aromatic amines is 1. The third-order valence-electron chi connectivity index (χ3n) is 5.84. The number of nitrogens with one attached hydrogen (secondary N) is 2. The molecule has 0 bridgehead atoms. The maximum Gasteiger partial charge on any atom is 0.248 e. The van der Waals surface area contributed by atoms with Crippen molar-refractivity contribution in [1.82, 2.24) is 15.2 Å². The van der Waals surface area contributed by atoms with Crippen LogP contribution in [0.15, 0.2) is 106 Å². The number of carbonyl (C=O) groups is 1. The van der Waals surface area contributed by atoms with Crippen molar-refractivity contribution in [3.8, 4) is 0 Å². The van der Waals surface area contributed by atoms with E-state index in [1.54, 1.807) is 17.6 Å². The van der Waals surface area contributed by atoms with Crippen LogP contribution in [0.5, 0.6) is 0 Å². The molecule has 35 heavy (non-hydrogen) atoms. The fourth-order valence-electron chi connectivity index (χ4n) is 4.10. The first-order valence-corrected chi connectivity index (χ1v) is 12.3. The molecule has 3 aromatic heterocycles. The molecule has 176 valence electrons. The van der Waals surface area contributed by atoms with E-state index in [0.29, 0.717) is 19.6 Å². The highest BCUT2D eigenvalue weighted by Crippen LogP contribution is 2.22. The fraction of sp³-hybridized carbons (Fsp3) is 0.143. The van der Waals surface area contributed by atoms with Gasteiger partial charge in [0.2, 0.25) is 11.5 Å². The zero-order chi connectivity index (χ0) is 24.0. The van der Waals surface area contributed by atoms with Crippen LogP contribution in [0.3, 0.4) is 0 Å². The molecule has 1 amide bonds. The molecule has 5 rings (SSSR count). The molecule has 0 spiro atoms. The first-order chi connectivity index (χ1) is 17.2. The number of benzene rings is 2. The molecule has 2 N–H and O–H groups in total. The molecule has 7 heteroatoms. The minimum absolute atomic E-state index is 0.0221. The number of amides is 1. The number of hydrogen-bond acceptors (Lipinski definition) is 5. The average molecular weight is 484 g/mol. The summed E-state index contributed by atoms with van der Waals surface area (Å²) in [6, 6.07) is 26.2. The molecule has 0 saturated heterocycles. The number of H-pyrrole nitrogens is 1. The van der Waals surface area contributed by atoms with Gasteiger partial charge in [0, 0.05) is 23.0 Å². The lowest BCUT2D eigenvalue weighted by atomic mass is 10.0. The van der Waals surface area contributed by atoms with E-state index in [0.717, 1.165) is 32.7 Å². The molecule has 0 saturated carbocycles. The summed E-state index contributed by atoms with van der Waals surface area (Å²) < 4.78 is 5.56. The van der Waals surface area contributed by atoms with Gasteiger partial charge in [-0.2, -0.15) is 0 Å². The highest BCUT2D eigenvalue weighted by molar-refractivity contribution is 7.09. The Morgan fingerprint density at radius 3 is 2.63 bits per heavy atom. The molecule has 5 aromatic rings. The topological polar surface area (TPSA) is 78.3 Å². The van der Waals surface area contributed by atoms with E-state index < -0.39 is 6.04 Å². The number of pyridine rings is 1. The maximum absolute atomic E-state index is 14.0. The van der Waals surface area contributed by atoms with Gasteiger partial charge in [-0.25, -0.2) is 0 Å². The van der Waals surface area contributed by atoms with Crippen LogP contribution in [-0.4, -0.2) is 15.8 Å². The summed E-state index contributed by atoms with van der Waals surface area (Å²) in [5.74, 6) is 0.719. The molecule has 0 aliphatic heterocycles. The molecule has 3 heterocycles. The first kappa shape index (κ1) is 22.8. The largest absolute Gasteiger partial charge is 0.467 e. The van der Waals surface area contributed by atoms with Crippen LogP contribution >= 0.6 is 11.3 Å². The van der Waals surface area contributed by atoms with Crippen molar-refractivity contribution < 1.29 is 9.21 Å². The van der Waals surface area contributed by atoms with Gasteiger partial charge in [0.1, 0.15) is 11.8 Å². The lowest BCUT2D eigenvalue weighted by Gasteiger charge is -2.27. The molecule has 0 aliphatic carbocycles. The predicted molar refractivity (Wildman–Crippen MR) is 138 cm³/mol. The van der Waals surface area contributed by atoms with E-state index in [9.17, 15) is 9.59 Å². The van der Waals surface area contributed by atoms with Gasteiger partial charge in [-0.1, -0.05) is 42.5 Å². The molecular formula is C28H25N3O3S. The second-order valence-electron chi connectivity index (χ2n) is 8.32. The van der Waals surface area contributed by atoms with Gasteiger partial charge in [0.25, 0.3) is 0 Å². The lowest BCUT2D eigenvalue weighted by molar-refractivity contribution is -0.135. The number of fused-ring (bicyclic) bond motifs is 1. The van der Waals surface area contributed by atoms with Gasteiger partial charge in [0.05, 0.1) is 19.4 Å². The van der Waals surface area contributed by atoms with E-state index in [1.165, 1.54) is 6.07 Å². The van der Waals surface area contributed by atoms with Crippen molar-refractivity contribution in [3.05, 3.63) is 129 Å². The van der Waals surface area contributed by atoms with Crippen molar-refractivity contribution in [2.45, 2.75) is 25.7 Å². The Morgan fingerprint density at radius 1 is 0.971 bits per heavy atom. The molecule has 0 radical (unpaired) electrons. The van der Waals surface area contributed by atoms with Crippen LogP contribution < -0.4 is 10.9 Å². The second kappa shape index (κ2) is 10.5. The highest BCUT2D eigenvalue weighted by atomic mass is 32.1. The molecule has 0 fully saturated rings. The standard InChI is InChI=1S/C28H25N3O3S/c32-26-13-11-22-16-20(10-12-25(22)30-26)17-29-27(21-6-2-1-3-7-21)28(33)31(18-23-8-4-14-34-23)19-24-9-5-15-35-24/h1-16,27,29H,17-19H2,(H,30,32). The quantitative estimate of drug-likeness (QED) is 0.300. The van der Waals surface area contributed by atoms with Crippen molar-refractivity contribution in [2.24, 2.45) is 0 Å². The molecule has 1 atom stereocenters. The van der Waals surface area contributed by atoms with Crippen LogP contribution in [0.4, 0.5) is 0 Å². The molecular weight excluding hydrogens is 458 g/mol. The van der Waals surface area contributed by atoms with Gasteiger partial charge in [-0.05, 0) is 58.3 Å². The molecule has 1 unspecified atom stereocenters. The van der Waals surface area contributed by atoms with Crippen molar-refractivity contribution in [3.63, 3.8) is 0 Å². The van der Waals surface area contributed by atoms with Gasteiger partial charge >= 0.3 is 0 Å². The Balaban J connectivity index is 1.41. The number of thiophene rings is 1. The SMILES string of the molecule is O=C(C(NCc1ccc2[nH]c(=O)ccc2c1)c1ccccc1)N(Cc1ccco1)Cc1cccs1. The third kappa shape index (κ3) is 5.59. The Kier molecular flexibility index (Phi) is 6.88. The van der Waals surface area contributed by atoms with E-state index in [-0.39, 0.29) is 11.5 Å². The van der Waals surface area contributed by atoms with Gasteiger partial charge < -0.3 is 14.3 Å². The van der Waals surface area contributed by atoms with Crippen LogP contribution in [0.25, 0.3) is 10.9 Å². The fourth-order valence-corrected chi connectivity index (χ4v) is 4.82. The second-order valence-corrected chi connectivity index (χ2v) is 9.35. The first-order valence-electron chi connectivity index (χ1n) is 11.4. The summed E-state index contributed by atoms with van der Waals surface area (Å²) in [4.78, 5) is 31.3. The monoisotopic (exact) mass is 483 g/mol. The summed E-state index contributed by atoms with van der Waals surface area (Å²) in [7, 11) is 0. The number of nitrogens with zero attached hydrogens (tertiary/aromatic N) is 1. The predicted octanol–water partition coefficient (Wildman–Crippen LogP) is 5.24. The summed E-state index contributed by atoms with van der Waals surface area (Å²) in [5, 5.41) is 6.44. The van der Waals surface area contributed by atoms with E-state index >= 15 is 0 Å². The van der Waals surface area contributed by atoms with E-state index in [2.05, 4.69) is 10.3 Å². The lowest BCUT2D eigenvalue weighted by Crippen LogP contribution is -2.40. The van der Waals surface area contributed by atoms with E-state index in [4.69, 9.17) is 4.42 Å². The minimum atomic E-state index is -0.530. The highest BCUT2D eigenvalue weighted by Gasteiger charge is 2.27. The number of hydrogen-bond donors (Lipinski definition) is 2. The van der Waals surface area contributed by atoms with Crippen LogP contribution in [0, 0.1) is 0 Å². The summed E-state index contributed by atoms with van der Waals surface area (Å²) in [6.07, 6.45) is 1.63. The Hall–Kier alpha value is -3.94. The Bertz CT molecular complexity index is 1410. The zero-order valence-electron chi connectivity index (χ0n) is 19.0. The normalized spacial score (nSPS) is 12.0. The van der Waals surface area contributed by atoms with Crippen molar-refractivity contribution >= 4 is 28.1 Å². The van der Waals surface area contributed by atoms with E-state index in [1.807, 2.05) is 89.1 Å². The minimum Gasteiger partial charge on any atom is -0.467 e. The maximum atomic E-state index is 14.0. The van der Waals surface area contributed by atoms with Crippen LogP contribution in [-0.2, 0) is 24.4 Å². The summed E-state index contributed by atoms with van der Waals surface area (Å²) in [6.45, 7) is 1.39. The number of rotatable bonds is 9. The third-order valence-corrected chi connectivity index (χ3v) is 6.70. The molecule has 0 aliphatic rings. The van der Waals surface area contributed by atoms with Gasteiger partial charge in [-0.3, -0.25) is 14.9 Å². The number of carbonyl (C=O) groups excluding carboxylic acids is 1. The van der Waals surface area contributed by atoms with Crippen molar-refractivity contribution in [2.75, 3.05) is 0 Å². The van der Waals surface area contributed by atoms with Crippen LogP contribution in [0.1, 0.15) is 27.8 Å². The van der Waals surface area contributed by atoms with Gasteiger partial charge in [0.15, 0.2) is 0 Å². The molecule has 6 nitrogen and oxygen atoms in total. The summed E-state index contributed by atoms with van der Waals surface area (Å²) >= 11 is 1.63.